The maximum atomic E-state index is 13.0. The Morgan fingerprint density at radius 1 is 1.28 bits per heavy atom. The molecule has 1 aromatic carbocycles. The van der Waals surface area contributed by atoms with Crippen molar-refractivity contribution in [3.8, 4) is 5.75 Å². The molecule has 0 radical (unpaired) electrons. The summed E-state index contributed by atoms with van der Waals surface area (Å²) in [5.41, 5.74) is -0.263. The summed E-state index contributed by atoms with van der Waals surface area (Å²) < 4.78 is 45.6. The Hall–Kier alpha value is -3.08. The number of pyridine rings is 1. The van der Waals surface area contributed by atoms with Gasteiger partial charge in [-0.05, 0) is 17.7 Å². The normalized spacial score (nSPS) is 11.3. The number of hydrogen-bond acceptors (Lipinski definition) is 6. The van der Waals surface area contributed by atoms with Gasteiger partial charge in [-0.1, -0.05) is 23.9 Å². The van der Waals surface area contributed by atoms with E-state index in [1.165, 1.54) is 18.9 Å². The monoisotopic (exact) mass is 423 g/mol. The number of methoxy groups -OCH3 is 1. The average Bonchev–Trinajstić information content (AvgIpc) is 3.10. The van der Waals surface area contributed by atoms with Gasteiger partial charge in [-0.15, -0.1) is 10.2 Å². The van der Waals surface area contributed by atoms with Crippen molar-refractivity contribution in [3.63, 3.8) is 0 Å². The van der Waals surface area contributed by atoms with Crippen molar-refractivity contribution in [1.29, 1.82) is 0 Å². The highest BCUT2D eigenvalue weighted by molar-refractivity contribution is 7.98. The van der Waals surface area contributed by atoms with Crippen LogP contribution in [-0.2, 0) is 19.0 Å². The fourth-order valence-corrected chi connectivity index (χ4v) is 3.20. The molecular formula is C18H16F3N5O2S. The molecule has 0 saturated heterocycles. The van der Waals surface area contributed by atoms with E-state index in [-0.39, 0.29) is 5.75 Å². The van der Waals surface area contributed by atoms with E-state index < -0.39 is 23.5 Å². The number of halogens is 3. The van der Waals surface area contributed by atoms with Gasteiger partial charge >= 0.3 is 6.18 Å². The molecule has 0 saturated carbocycles. The number of thioether (sulfide) groups is 1. The lowest BCUT2D eigenvalue weighted by Gasteiger charge is -2.11. The van der Waals surface area contributed by atoms with Crippen LogP contribution in [0.4, 0.5) is 18.9 Å². The van der Waals surface area contributed by atoms with E-state index in [2.05, 4.69) is 20.5 Å². The molecule has 7 nitrogen and oxygen atoms in total. The fourth-order valence-electron chi connectivity index (χ4n) is 2.37. The molecule has 0 unspecified atom stereocenters. The number of aryl methyl sites for hydroxylation is 1. The van der Waals surface area contributed by atoms with Gasteiger partial charge in [0.15, 0.2) is 5.16 Å². The first kappa shape index (κ1) is 20.6. The van der Waals surface area contributed by atoms with Crippen LogP contribution in [0, 0.1) is 0 Å². The van der Waals surface area contributed by atoms with E-state index >= 15 is 0 Å². The predicted molar refractivity (Wildman–Crippen MR) is 101 cm³/mol. The molecule has 0 fully saturated rings. The first-order valence-electron chi connectivity index (χ1n) is 8.26. The summed E-state index contributed by atoms with van der Waals surface area (Å²) in [4.78, 5) is 15.9. The van der Waals surface area contributed by atoms with Crippen molar-refractivity contribution >= 4 is 23.4 Å². The van der Waals surface area contributed by atoms with E-state index in [9.17, 15) is 18.0 Å². The lowest BCUT2D eigenvalue weighted by atomic mass is 10.2. The zero-order chi connectivity index (χ0) is 21.0. The Morgan fingerprint density at radius 3 is 2.72 bits per heavy atom. The molecule has 1 N–H and O–H groups in total. The molecule has 3 rings (SSSR count). The smallest absolute Gasteiger partial charge is 0.433 e. The number of anilines is 1. The molecule has 11 heteroatoms. The Bertz CT molecular complexity index is 1020. The number of nitrogens with one attached hydrogen (secondary N) is 1. The molecule has 2 heterocycles. The zero-order valence-electron chi connectivity index (χ0n) is 15.4. The number of benzene rings is 1. The molecule has 152 valence electrons. The Morgan fingerprint density at radius 2 is 2.07 bits per heavy atom. The fraction of sp³-hybridized carbons (Fsp3) is 0.222. The number of rotatable bonds is 6. The van der Waals surface area contributed by atoms with Crippen molar-refractivity contribution in [3.05, 3.63) is 59.7 Å². The third kappa shape index (κ3) is 5.25. The van der Waals surface area contributed by atoms with Gasteiger partial charge in [0.05, 0.1) is 7.11 Å². The van der Waals surface area contributed by atoms with E-state index in [1.807, 2.05) is 13.1 Å². The second-order valence-electron chi connectivity index (χ2n) is 5.94. The summed E-state index contributed by atoms with van der Waals surface area (Å²) in [6, 6.07) is 8.86. The van der Waals surface area contributed by atoms with Crippen LogP contribution in [0.3, 0.4) is 0 Å². The van der Waals surface area contributed by atoms with Crippen LogP contribution in [0.25, 0.3) is 0 Å². The van der Waals surface area contributed by atoms with Crippen molar-refractivity contribution in [2.24, 2.45) is 7.05 Å². The van der Waals surface area contributed by atoms with Crippen molar-refractivity contribution in [2.75, 3.05) is 12.4 Å². The van der Waals surface area contributed by atoms with Gasteiger partial charge in [0.25, 0.3) is 5.91 Å². The van der Waals surface area contributed by atoms with E-state index in [1.54, 1.807) is 29.1 Å². The van der Waals surface area contributed by atoms with Gasteiger partial charge < -0.3 is 14.6 Å². The maximum Gasteiger partial charge on any atom is 0.433 e. The highest BCUT2D eigenvalue weighted by Gasteiger charge is 2.34. The number of ether oxygens (including phenoxy) is 1. The van der Waals surface area contributed by atoms with Crippen LogP contribution in [0.2, 0.25) is 0 Å². The average molecular weight is 423 g/mol. The largest absolute Gasteiger partial charge is 0.497 e. The molecule has 29 heavy (non-hydrogen) atoms. The van der Waals surface area contributed by atoms with Crippen LogP contribution >= 0.6 is 11.8 Å². The first-order valence-corrected chi connectivity index (χ1v) is 9.25. The highest BCUT2D eigenvalue weighted by atomic mass is 32.2. The van der Waals surface area contributed by atoms with Crippen molar-refractivity contribution < 1.29 is 22.7 Å². The molecule has 0 aliphatic heterocycles. The molecule has 3 aromatic rings. The molecule has 0 aliphatic rings. The molecule has 1 amide bonds. The molecule has 0 bridgehead atoms. The van der Waals surface area contributed by atoms with Gasteiger partial charge in [-0.25, -0.2) is 4.98 Å². The van der Waals surface area contributed by atoms with Crippen molar-refractivity contribution in [1.82, 2.24) is 19.7 Å². The maximum absolute atomic E-state index is 13.0. The standard InChI is InChI=1S/C18H16F3N5O2S/c1-26-10-22-25-17(26)29-9-11-4-3-5-12(6-11)23-16(27)14-7-13(28-2)8-15(24-14)18(19,20)21/h3-8,10H,9H2,1-2H3,(H,23,27). The minimum absolute atomic E-state index is 0.105. The lowest BCUT2D eigenvalue weighted by molar-refractivity contribution is -0.141. The molecular weight excluding hydrogens is 407 g/mol. The number of nitrogens with zero attached hydrogens (tertiary/aromatic N) is 4. The van der Waals surface area contributed by atoms with Crippen LogP contribution in [-0.4, -0.2) is 32.8 Å². The number of aromatic nitrogens is 4. The molecule has 2 aromatic heterocycles. The Kier molecular flexibility index (Phi) is 6.06. The van der Waals surface area contributed by atoms with Gasteiger partial charge in [0.2, 0.25) is 0 Å². The molecule has 0 atom stereocenters. The van der Waals surface area contributed by atoms with E-state index in [0.717, 1.165) is 22.9 Å². The third-order valence-electron chi connectivity index (χ3n) is 3.78. The Labute approximate surface area is 168 Å². The number of carbonyl (C=O) groups is 1. The van der Waals surface area contributed by atoms with Gasteiger partial charge in [-0.2, -0.15) is 13.2 Å². The predicted octanol–water partition coefficient (Wildman–Crippen LogP) is 3.78. The second kappa shape index (κ2) is 8.52. The van der Waals surface area contributed by atoms with Crippen molar-refractivity contribution in [2.45, 2.75) is 17.1 Å². The summed E-state index contributed by atoms with van der Waals surface area (Å²) in [6.07, 6.45) is -3.10. The minimum atomic E-state index is -4.69. The lowest BCUT2D eigenvalue weighted by Crippen LogP contribution is -2.17. The van der Waals surface area contributed by atoms with Crippen LogP contribution < -0.4 is 10.1 Å². The first-order chi connectivity index (χ1) is 13.8. The quantitative estimate of drug-likeness (QED) is 0.608. The summed E-state index contributed by atoms with van der Waals surface area (Å²) in [6.45, 7) is 0. The molecule has 0 spiro atoms. The van der Waals surface area contributed by atoms with Gasteiger partial charge in [0, 0.05) is 30.6 Å². The number of carbonyl (C=O) groups excluding carboxylic acids is 1. The molecule has 0 aliphatic carbocycles. The third-order valence-corrected chi connectivity index (χ3v) is 4.89. The van der Waals surface area contributed by atoms with Gasteiger partial charge in [0.1, 0.15) is 23.5 Å². The summed E-state index contributed by atoms with van der Waals surface area (Å²) >= 11 is 1.46. The minimum Gasteiger partial charge on any atom is -0.497 e. The topological polar surface area (TPSA) is 81.9 Å². The Balaban J connectivity index is 1.74. The number of hydrogen-bond donors (Lipinski definition) is 1. The second-order valence-corrected chi connectivity index (χ2v) is 6.89. The number of amides is 1. The van der Waals surface area contributed by atoms with Crippen LogP contribution in [0.1, 0.15) is 21.7 Å². The number of alkyl halides is 3. The summed E-state index contributed by atoms with van der Waals surface area (Å²) in [5, 5.41) is 11.1. The van der Waals surface area contributed by atoms with E-state index in [0.29, 0.717) is 11.4 Å². The summed E-state index contributed by atoms with van der Waals surface area (Å²) in [5.74, 6) is -0.301. The van der Waals surface area contributed by atoms with E-state index in [4.69, 9.17) is 4.74 Å². The van der Waals surface area contributed by atoms with Gasteiger partial charge in [-0.3, -0.25) is 4.79 Å². The van der Waals surface area contributed by atoms with Crippen LogP contribution in [0.5, 0.6) is 5.75 Å². The highest BCUT2D eigenvalue weighted by Crippen LogP contribution is 2.30. The SMILES string of the molecule is COc1cc(C(=O)Nc2cccc(CSc3nncn3C)c2)nc(C(F)(F)F)c1. The zero-order valence-corrected chi connectivity index (χ0v) is 16.2. The summed E-state index contributed by atoms with van der Waals surface area (Å²) in [7, 11) is 3.05. The van der Waals surface area contributed by atoms with Crippen LogP contribution in [0.15, 0.2) is 47.9 Å².